The van der Waals surface area contributed by atoms with E-state index in [2.05, 4.69) is 12.2 Å². The maximum atomic E-state index is 12.4. The molecule has 0 aromatic heterocycles. The molecule has 3 unspecified atom stereocenters. The number of piperidine rings is 1. The van der Waals surface area contributed by atoms with Gasteiger partial charge in [-0.2, -0.15) is 0 Å². The first-order valence-electron chi connectivity index (χ1n) is 9.96. The van der Waals surface area contributed by atoms with Crippen LogP contribution >= 0.6 is 0 Å². The van der Waals surface area contributed by atoms with Crippen LogP contribution in [0.1, 0.15) is 90.4 Å². The third-order valence-corrected chi connectivity index (χ3v) is 7.24. The lowest BCUT2D eigenvalue weighted by Gasteiger charge is -2.52. The van der Waals surface area contributed by atoms with Gasteiger partial charge in [-0.05, 0) is 62.8 Å². The number of carbonyl (C=O) groups excluding carboxylic acids is 1. The number of carbonyl (C=O) groups is 1. The van der Waals surface area contributed by atoms with Crippen molar-refractivity contribution in [3.63, 3.8) is 0 Å². The number of ketones is 1. The minimum absolute atomic E-state index is 0.430. The Kier molecular flexibility index (Phi) is 5.60. The molecule has 2 nitrogen and oxygen atoms in total. The number of hydrogen-bond acceptors (Lipinski definition) is 2. The van der Waals surface area contributed by atoms with Crippen LogP contribution in [0.15, 0.2) is 0 Å². The summed E-state index contributed by atoms with van der Waals surface area (Å²) in [5.41, 5.74) is 0.430. The Hall–Kier alpha value is -0.370. The van der Waals surface area contributed by atoms with Crippen LogP contribution in [0, 0.1) is 17.3 Å². The summed E-state index contributed by atoms with van der Waals surface area (Å²) in [7, 11) is 0. The van der Waals surface area contributed by atoms with Crippen molar-refractivity contribution in [2.75, 3.05) is 6.54 Å². The maximum Gasteiger partial charge on any atom is 0.132 e. The Labute approximate surface area is 136 Å². The average Bonchev–Trinajstić information content (AvgIpc) is 3.05. The average molecular weight is 306 g/mol. The molecule has 1 aliphatic heterocycles. The summed E-state index contributed by atoms with van der Waals surface area (Å²) in [6, 6.07) is 0.606. The van der Waals surface area contributed by atoms with Gasteiger partial charge in [-0.3, -0.25) is 4.79 Å². The zero-order valence-electron chi connectivity index (χ0n) is 14.5. The van der Waals surface area contributed by atoms with Crippen molar-refractivity contribution in [1.29, 1.82) is 0 Å². The van der Waals surface area contributed by atoms with E-state index >= 15 is 0 Å². The van der Waals surface area contributed by atoms with Crippen LogP contribution < -0.4 is 5.32 Å². The van der Waals surface area contributed by atoms with Gasteiger partial charge in [-0.15, -0.1) is 0 Å². The van der Waals surface area contributed by atoms with E-state index in [0.29, 0.717) is 17.2 Å². The molecule has 22 heavy (non-hydrogen) atoms. The Morgan fingerprint density at radius 2 is 1.82 bits per heavy atom. The minimum atomic E-state index is 0.430. The Bertz CT molecular complexity index is 372. The van der Waals surface area contributed by atoms with Gasteiger partial charge >= 0.3 is 0 Å². The van der Waals surface area contributed by atoms with Crippen molar-refractivity contribution in [1.82, 2.24) is 5.32 Å². The molecule has 0 bridgehead atoms. The zero-order chi connectivity index (χ0) is 15.4. The molecule has 0 aromatic carbocycles. The summed E-state index contributed by atoms with van der Waals surface area (Å²) in [5.74, 6) is 2.28. The molecule has 0 amide bonds. The highest BCUT2D eigenvalue weighted by Gasteiger charge is 2.46. The van der Waals surface area contributed by atoms with Gasteiger partial charge in [0.25, 0.3) is 0 Å². The lowest BCUT2D eigenvalue weighted by atomic mass is 9.57. The number of rotatable bonds is 6. The van der Waals surface area contributed by atoms with Gasteiger partial charge in [-0.1, -0.05) is 38.5 Å². The van der Waals surface area contributed by atoms with E-state index in [4.69, 9.17) is 0 Å². The second-order valence-corrected chi connectivity index (χ2v) is 8.37. The number of hydrogen-bond donors (Lipinski definition) is 1. The maximum absolute atomic E-state index is 12.4. The predicted octanol–water partition coefficient (Wildman–Crippen LogP) is 4.86. The van der Waals surface area contributed by atoms with Crippen LogP contribution in [0.4, 0.5) is 0 Å². The molecule has 1 saturated heterocycles. The third kappa shape index (κ3) is 3.58. The number of fused-ring (bicyclic) bond motifs is 1. The van der Waals surface area contributed by atoms with Crippen LogP contribution in [0.5, 0.6) is 0 Å². The molecule has 3 fully saturated rings. The third-order valence-electron chi connectivity index (χ3n) is 7.24. The van der Waals surface area contributed by atoms with E-state index in [0.717, 1.165) is 31.1 Å². The van der Waals surface area contributed by atoms with Crippen LogP contribution in [0.2, 0.25) is 0 Å². The molecule has 3 aliphatic rings. The van der Waals surface area contributed by atoms with E-state index in [1.165, 1.54) is 70.8 Å². The first-order valence-corrected chi connectivity index (χ1v) is 9.96. The van der Waals surface area contributed by atoms with Crippen LogP contribution in [0.3, 0.4) is 0 Å². The highest BCUT2D eigenvalue weighted by molar-refractivity contribution is 5.78. The van der Waals surface area contributed by atoms with E-state index in [1.807, 2.05) is 0 Å². The number of Topliss-reactive ketones (excluding diaryl/α,β-unsaturated/α-hetero) is 1. The van der Waals surface area contributed by atoms with Gasteiger partial charge in [0, 0.05) is 18.9 Å². The molecule has 1 heterocycles. The van der Waals surface area contributed by atoms with Crippen molar-refractivity contribution in [2.45, 2.75) is 96.4 Å². The fourth-order valence-corrected chi connectivity index (χ4v) is 5.72. The first-order chi connectivity index (χ1) is 10.7. The van der Waals surface area contributed by atoms with Gasteiger partial charge in [0.2, 0.25) is 0 Å². The van der Waals surface area contributed by atoms with Crippen molar-refractivity contribution < 1.29 is 4.79 Å². The molecule has 126 valence electrons. The van der Waals surface area contributed by atoms with Crippen molar-refractivity contribution in [2.24, 2.45) is 17.3 Å². The first kappa shape index (κ1) is 16.5. The van der Waals surface area contributed by atoms with Crippen LogP contribution in [0.25, 0.3) is 0 Å². The molecular formula is C20H35NO. The standard InChI is InChI=1S/C20H35NO/c1-16-20(13-5-4-8-18(20)12-15-21-16)14-11-19(22)10-9-17-6-2-3-7-17/h16-18,21H,2-15H2,1H3. The largest absolute Gasteiger partial charge is 0.314 e. The molecule has 1 N–H and O–H groups in total. The molecule has 3 rings (SSSR count). The normalized spacial score (nSPS) is 36.2. The molecule has 3 atom stereocenters. The molecule has 0 radical (unpaired) electrons. The fourth-order valence-electron chi connectivity index (χ4n) is 5.72. The van der Waals surface area contributed by atoms with Gasteiger partial charge in [0.05, 0.1) is 0 Å². The summed E-state index contributed by atoms with van der Waals surface area (Å²) >= 11 is 0. The summed E-state index contributed by atoms with van der Waals surface area (Å²) in [5, 5.41) is 3.71. The monoisotopic (exact) mass is 305 g/mol. The topological polar surface area (TPSA) is 29.1 Å². The smallest absolute Gasteiger partial charge is 0.132 e. The van der Waals surface area contributed by atoms with Gasteiger partial charge in [-0.25, -0.2) is 0 Å². The van der Waals surface area contributed by atoms with Crippen molar-refractivity contribution >= 4 is 5.78 Å². The molecule has 0 aromatic rings. The molecule has 2 heteroatoms. The SMILES string of the molecule is CC1NCCC2CCCCC21CCC(=O)CCC1CCCC1. The second-order valence-electron chi connectivity index (χ2n) is 8.37. The zero-order valence-corrected chi connectivity index (χ0v) is 14.5. The van der Waals surface area contributed by atoms with Gasteiger partial charge < -0.3 is 5.32 Å². The second kappa shape index (κ2) is 7.47. The Balaban J connectivity index is 1.50. The Morgan fingerprint density at radius 1 is 1.05 bits per heavy atom. The highest BCUT2D eigenvalue weighted by Crippen LogP contribution is 2.50. The molecule has 2 aliphatic carbocycles. The van der Waals surface area contributed by atoms with E-state index < -0.39 is 0 Å². The summed E-state index contributed by atoms with van der Waals surface area (Å²) in [6.07, 6.45) is 16.4. The molecular weight excluding hydrogens is 270 g/mol. The Morgan fingerprint density at radius 3 is 2.64 bits per heavy atom. The van der Waals surface area contributed by atoms with Crippen molar-refractivity contribution in [3.8, 4) is 0 Å². The highest BCUT2D eigenvalue weighted by atomic mass is 16.1. The minimum Gasteiger partial charge on any atom is -0.314 e. The summed E-state index contributed by atoms with van der Waals surface area (Å²) < 4.78 is 0. The lowest BCUT2D eigenvalue weighted by Crippen LogP contribution is -2.54. The van der Waals surface area contributed by atoms with Crippen LogP contribution in [-0.2, 0) is 4.79 Å². The fraction of sp³-hybridized carbons (Fsp3) is 0.950. The summed E-state index contributed by atoms with van der Waals surface area (Å²) in [4.78, 5) is 12.4. The lowest BCUT2D eigenvalue weighted by molar-refractivity contribution is -0.120. The molecule has 0 spiro atoms. The number of nitrogens with one attached hydrogen (secondary N) is 1. The summed E-state index contributed by atoms with van der Waals surface area (Å²) in [6.45, 7) is 3.56. The van der Waals surface area contributed by atoms with Gasteiger partial charge in [0.15, 0.2) is 0 Å². The van der Waals surface area contributed by atoms with Crippen LogP contribution in [-0.4, -0.2) is 18.4 Å². The van der Waals surface area contributed by atoms with E-state index in [9.17, 15) is 4.79 Å². The quantitative estimate of drug-likeness (QED) is 0.759. The van der Waals surface area contributed by atoms with Gasteiger partial charge in [0.1, 0.15) is 5.78 Å². The predicted molar refractivity (Wildman–Crippen MR) is 91.9 cm³/mol. The van der Waals surface area contributed by atoms with Crippen molar-refractivity contribution in [3.05, 3.63) is 0 Å². The van der Waals surface area contributed by atoms with E-state index in [-0.39, 0.29) is 0 Å². The van der Waals surface area contributed by atoms with E-state index in [1.54, 1.807) is 0 Å². The molecule has 2 saturated carbocycles.